The summed E-state index contributed by atoms with van der Waals surface area (Å²) in [5.41, 5.74) is 0. The van der Waals surface area contributed by atoms with Crippen molar-refractivity contribution in [3.05, 3.63) is 0 Å². The minimum atomic E-state index is -0.646. The van der Waals surface area contributed by atoms with E-state index in [0.717, 1.165) is 30.4 Å². The Bertz CT molecular complexity index is 167. The number of hydrogen-bond donors (Lipinski definition) is 1. The summed E-state index contributed by atoms with van der Waals surface area (Å²) in [7, 11) is 4.41. The lowest BCUT2D eigenvalue weighted by atomic mass is 9.93. The van der Waals surface area contributed by atoms with Crippen LogP contribution in [0.2, 0.25) is 0 Å². The van der Waals surface area contributed by atoms with Crippen LogP contribution in [0.1, 0.15) is 19.3 Å². The molecule has 0 aromatic heterocycles. The Balaban J connectivity index is 2.31. The average molecular weight is 172 g/mol. The minimum absolute atomic E-state index is 0.361. The molecule has 3 heteroatoms. The highest BCUT2D eigenvalue weighted by Crippen LogP contribution is 2.22. The van der Waals surface area contributed by atoms with E-state index in [1.54, 1.807) is 0 Å². The lowest BCUT2D eigenvalue weighted by Crippen LogP contribution is -2.46. The Morgan fingerprint density at radius 3 is 2.33 bits per heavy atom. The van der Waals surface area contributed by atoms with Crippen molar-refractivity contribution in [3.63, 3.8) is 0 Å². The van der Waals surface area contributed by atoms with Gasteiger partial charge in [0.05, 0.1) is 27.2 Å². The van der Waals surface area contributed by atoms with E-state index in [4.69, 9.17) is 5.11 Å². The summed E-state index contributed by atoms with van der Waals surface area (Å²) in [4.78, 5) is 10.4. The molecule has 0 atom stereocenters. The Labute approximate surface area is 73.6 Å². The first kappa shape index (κ1) is 9.52. The van der Waals surface area contributed by atoms with E-state index in [9.17, 15) is 4.79 Å². The van der Waals surface area contributed by atoms with Gasteiger partial charge in [0, 0.05) is 19.3 Å². The van der Waals surface area contributed by atoms with Crippen LogP contribution in [-0.4, -0.2) is 42.7 Å². The van der Waals surface area contributed by atoms with E-state index in [-0.39, 0.29) is 0 Å². The fourth-order valence-corrected chi connectivity index (χ4v) is 1.77. The van der Waals surface area contributed by atoms with E-state index in [2.05, 4.69) is 14.1 Å². The Morgan fingerprint density at radius 2 is 1.92 bits per heavy atom. The van der Waals surface area contributed by atoms with Crippen LogP contribution in [0, 0.1) is 5.92 Å². The molecule has 1 aliphatic rings. The largest absolute Gasteiger partial charge is 0.481 e. The Morgan fingerprint density at radius 1 is 1.42 bits per heavy atom. The standard InChI is InChI=1S/C9H17NO2/c1-10(2)5-3-8(4-6-10)7-9(11)12/h8H,3-7H2,1-2H3/p+1. The number of aliphatic carboxylic acids is 1. The molecule has 0 amide bonds. The van der Waals surface area contributed by atoms with Gasteiger partial charge >= 0.3 is 5.97 Å². The maximum atomic E-state index is 10.4. The highest BCUT2D eigenvalue weighted by molar-refractivity contribution is 5.67. The van der Waals surface area contributed by atoms with E-state index in [1.807, 2.05) is 0 Å². The van der Waals surface area contributed by atoms with E-state index in [1.165, 1.54) is 0 Å². The van der Waals surface area contributed by atoms with Gasteiger partial charge in [0.15, 0.2) is 0 Å². The summed E-state index contributed by atoms with van der Waals surface area (Å²) in [5, 5.41) is 8.59. The van der Waals surface area contributed by atoms with Crippen LogP contribution in [0.5, 0.6) is 0 Å². The molecule has 1 heterocycles. The SMILES string of the molecule is C[N+]1(C)CCC(CC(=O)O)CC1. The van der Waals surface area contributed by atoms with Crippen molar-refractivity contribution in [1.82, 2.24) is 0 Å². The second-order valence-electron chi connectivity index (χ2n) is 4.42. The molecule has 0 aliphatic carbocycles. The molecule has 0 spiro atoms. The smallest absolute Gasteiger partial charge is 0.303 e. The second kappa shape index (κ2) is 3.44. The monoisotopic (exact) mass is 172 g/mol. The highest BCUT2D eigenvalue weighted by atomic mass is 16.4. The van der Waals surface area contributed by atoms with E-state index >= 15 is 0 Å². The number of carboxylic acid groups (broad SMARTS) is 1. The van der Waals surface area contributed by atoms with Gasteiger partial charge in [0.25, 0.3) is 0 Å². The number of carboxylic acids is 1. The topological polar surface area (TPSA) is 37.3 Å². The predicted molar refractivity (Wildman–Crippen MR) is 46.8 cm³/mol. The van der Waals surface area contributed by atoms with Crippen LogP contribution in [0.15, 0.2) is 0 Å². The third-order valence-electron chi connectivity index (χ3n) is 2.75. The summed E-state index contributed by atoms with van der Waals surface area (Å²) in [6, 6.07) is 0. The summed E-state index contributed by atoms with van der Waals surface area (Å²) in [6.07, 6.45) is 2.50. The summed E-state index contributed by atoms with van der Waals surface area (Å²) >= 11 is 0. The summed E-state index contributed by atoms with van der Waals surface area (Å²) < 4.78 is 1.05. The van der Waals surface area contributed by atoms with Crippen molar-refractivity contribution in [2.45, 2.75) is 19.3 Å². The molecule has 1 saturated heterocycles. The predicted octanol–water partition coefficient (Wildman–Crippen LogP) is 0.948. The summed E-state index contributed by atoms with van der Waals surface area (Å²) in [5.74, 6) is -0.221. The molecule has 70 valence electrons. The van der Waals surface area contributed by atoms with Crippen LogP contribution >= 0.6 is 0 Å². The van der Waals surface area contributed by atoms with Gasteiger partial charge in [-0.2, -0.15) is 0 Å². The number of likely N-dealkylation sites (tertiary alicyclic amines) is 1. The molecule has 1 N–H and O–H groups in total. The number of hydrogen-bond acceptors (Lipinski definition) is 1. The number of carbonyl (C=O) groups is 1. The molecule has 12 heavy (non-hydrogen) atoms. The Kier molecular flexibility index (Phi) is 2.73. The fourth-order valence-electron chi connectivity index (χ4n) is 1.77. The number of rotatable bonds is 2. The van der Waals surface area contributed by atoms with Crippen LogP contribution in [-0.2, 0) is 4.79 Å². The van der Waals surface area contributed by atoms with Gasteiger partial charge in [0.1, 0.15) is 0 Å². The van der Waals surface area contributed by atoms with E-state index < -0.39 is 5.97 Å². The minimum Gasteiger partial charge on any atom is -0.481 e. The van der Waals surface area contributed by atoms with Gasteiger partial charge in [-0.15, -0.1) is 0 Å². The third-order valence-corrected chi connectivity index (χ3v) is 2.75. The molecule has 0 unspecified atom stereocenters. The van der Waals surface area contributed by atoms with Gasteiger partial charge in [-0.1, -0.05) is 0 Å². The van der Waals surface area contributed by atoms with Crippen molar-refractivity contribution < 1.29 is 14.4 Å². The number of quaternary nitrogens is 1. The molecular weight excluding hydrogens is 154 g/mol. The van der Waals surface area contributed by atoms with Crippen molar-refractivity contribution in [3.8, 4) is 0 Å². The van der Waals surface area contributed by atoms with Crippen LogP contribution in [0.3, 0.4) is 0 Å². The molecule has 0 radical (unpaired) electrons. The first-order valence-electron chi connectivity index (χ1n) is 4.53. The second-order valence-corrected chi connectivity index (χ2v) is 4.42. The van der Waals surface area contributed by atoms with Crippen molar-refractivity contribution in [2.75, 3.05) is 27.2 Å². The zero-order valence-electron chi connectivity index (χ0n) is 7.92. The molecule has 0 aromatic rings. The zero-order chi connectivity index (χ0) is 9.19. The van der Waals surface area contributed by atoms with Crippen molar-refractivity contribution in [2.24, 2.45) is 5.92 Å². The van der Waals surface area contributed by atoms with Crippen molar-refractivity contribution in [1.29, 1.82) is 0 Å². The normalized spacial score (nSPS) is 23.8. The molecule has 1 rings (SSSR count). The van der Waals surface area contributed by atoms with Gasteiger partial charge in [-0.3, -0.25) is 4.79 Å². The third kappa shape index (κ3) is 2.81. The van der Waals surface area contributed by atoms with Crippen LogP contribution in [0.4, 0.5) is 0 Å². The number of nitrogens with zero attached hydrogens (tertiary/aromatic N) is 1. The first-order chi connectivity index (χ1) is 5.49. The van der Waals surface area contributed by atoms with E-state index in [0.29, 0.717) is 12.3 Å². The summed E-state index contributed by atoms with van der Waals surface area (Å²) in [6.45, 7) is 2.25. The van der Waals surface area contributed by atoms with Gasteiger partial charge in [-0.05, 0) is 5.92 Å². The van der Waals surface area contributed by atoms with Crippen LogP contribution < -0.4 is 0 Å². The van der Waals surface area contributed by atoms with Crippen molar-refractivity contribution >= 4 is 5.97 Å². The molecular formula is C9H18NO2+. The lowest BCUT2D eigenvalue weighted by Gasteiger charge is -2.36. The molecule has 3 nitrogen and oxygen atoms in total. The average Bonchev–Trinajstić information content (AvgIpc) is 1.93. The van der Waals surface area contributed by atoms with Gasteiger partial charge in [0.2, 0.25) is 0 Å². The maximum Gasteiger partial charge on any atom is 0.303 e. The zero-order valence-corrected chi connectivity index (χ0v) is 7.92. The Hall–Kier alpha value is -0.570. The molecule has 0 bridgehead atoms. The fraction of sp³-hybridized carbons (Fsp3) is 0.889. The van der Waals surface area contributed by atoms with Crippen LogP contribution in [0.25, 0.3) is 0 Å². The quantitative estimate of drug-likeness (QED) is 0.630. The molecule has 1 aliphatic heterocycles. The molecule has 1 fully saturated rings. The lowest BCUT2D eigenvalue weighted by molar-refractivity contribution is -0.896. The first-order valence-corrected chi connectivity index (χ1v) is 4.53. The van der Waals surface area contributed by atoms with Gasteiger partial charge < -0.3 is 9.59 Å². The number of piperidine rings is 1. The molecule has 0 saturated carbocycles. The molecule has 0 aromatic carbocycles. The maximum absolute atomic E-state index is 10.4. The highest BCUT2D eigenvalue weighted by Gasteiger charge is 2.27. The van der Waals surface area contributed by atoms with Gasteiger partial charge in [-0.25, -0.2) is 0 Å².